The average Bonchev–Trinajstić information content (AvgIpc) is 2.95. The second-order valence-electron chi connectivity index (χ2n) is 6.35. The van der Waals surface area contributed by atoms with Gasteiger partial charge in [0.15, 0.2) is 0 Å². The molecule has 1 aliphatic rings. The largest absolute Gasteiger partial charge is 0.457 e. The molecule has 2 aromatic rings. The SMILES string of the molecule is CC[C@]1(C)NC(=O)NC1=O.N#Cc1ccc(Oc2ccc(S(N)(=O)=O)cc2)cc1. The van der Waals surface area contributed by atoms with E-state index in [4.69, 9.17) is 15.1 Å². The van der Waals surface area contributed by atoms with Gasteiger partial charge in [0, 0.05) is 0 Å². The topological polar surface area (TPSA) is 151 Å². The fourth-order valence-electron chi connectivity index (χ4n) is 2.26. The highest BCUT2D eigenvalue weighted by molar-refractivity contribution is 7.89. The predicted octanol–water partition coefficient (Wildman–Crippen LogP) is 1.99. The number of urea groups is 1. The van der Waals surface area contributed by atoms with Crippen LogP contribution in [-0.2, 0) is 14.8 Å². The highest BCUT2D eigenvalue weighted by Gasteiger charge is 2.39. The maximum Gasteiger partial charge on any atom is 0.322 e. The molecule has 0 aliphatic carbocycles. The van der Waals surface area contributed by atoms with E-state index < -0.39 is 21.6 Å². The minimum absolute atomic E-state index is 0.0275. The van der Waals surface area contributed by atoms with Crippen molar-refractivity contribution in [2.75, 3.05) is 0 Å². The molecule has 0 radical (unpaired) electrons. The first-order valence-electron chi connectivity index (χ1n) is 8.52. The second kappa shape index (κ2) is 8.72. The van der Waals surface area contributed by atoms with E-state index >= 15 is 0 Å². The molecule has 10 heteroatoms. The Balaban J connectivity index is 0.000000253. The van der Waals surface area contributed by atoms with Crippen molar-refractivity contribution in [3.63, 3.8) is 0 Å². The number of nitrogens with one attached hydrogen (secondary N) is 2. The molecule has 0 unspecified atom stereocenters. The fraction of sp³-hybridized carbons (Fsp3) is 0.211. The Kier molecular flexibility index (Phi) is 6.58. The summed E-state index contributed by atoms with van der Waals surface area (Å²) >= 11 is 0. The molecule has 29 heavy (non-hydrogen) atoms. The normalized spacial score (nSPS) is 18.0. The number of rotatable bonds is 4. The van der Waals surface area contributed by atoms with Gasteiger partial charge in [-0.05, 0) is 61.9 Å². The molecule has 2 aromatic carbocycles. The molecule has 0 spiro atoms. The lowest BCUT2D eigenvalue weighted by molar-refractivity contribution is -0.123. The molecule has 3 amide bonds. The highest BCUT2D eigenvalue weighted by atomic mass is 32.2. The summed E-state index contributed by atoms with van der Waals surface area (Å²) in [5.41, 5.74) is -0.145. The molecule has 1 saturated heterocycles. The number of nitriles is 1. The van der Waals surface area contributed by atoms with Gasteiger partial charge in [-0.25, -0.2) is 18.4 Å². The zero-order valence-corrected chi connectivity index (χ0v) is 16.6. The van der Waals surface area contributed by atoms with E-state index in [1.807, 2.05) is 13.0 Å². The van der Waals surface area contributed by atoms with Gasteiger partial charge in [-0.2, -0.15) is 5.26 Å². The Morgan fingerprint density at radius 2 is 1.59 bits per heavy atom. The summed E-state index contributed by atoms with van der Waals surface area (Å²) in [4.78, 5) is 21.6. The van der Waals surface area contributed by atoms with Crippen molar-refractivity contribution in [2.45, 2.75) is 30.7 Å². The number of carbonyl (C=O) groups is 2. The number of hydrogen-bond acceptors (Lipinski definition) is 6. The van der Waals surface area contributed by atoms with Gasteiger partial charge in [0.05, 0.1) is 16.5 Å². The molecular formula is C19H20N4O5S. The standard InChI is InChI=1S/C13H10N2O3S.C6H10N2O2/c14-9-10-1-3-11(4-2-10)18-12-5-7-13(8-6-12)19(15,16)17;1-3-6(2)4(9)7-5(10)8-6/h1-8H,(H2,15,16,17);3H2,1-2H3,(H2,7,8,9,10)/t;6-/m.0/s1. The van der Waals surface area contributed by atoms with Crippen molar-refractivity contribution < 1.29 is 22.7 Å². The second-order valence-corrected chi connectivity index (χ2v) is 7.91. The molecular weight excluding hydrogens is 396 g/mol. The van der Waals surface area contributed by atoms with Crippen LogP contribution in [0.2, 0.25) is 0 Å². The molecule has 152 valence electrons. The van der Waals surface area contributed by atoms with E-state index in [0.717, 1.165) is 0 Å². The molecule has 9 nitrogen and oxygen atoms in total. The number of imide groups is 1. The summed E-state index contributed by atoms with van der Waals surface area (Å²) in [6, 6.07) is 14.0. The van der Waals surface area contributed by atoms with Crippen molar-refractivity contribution in [3.8, 4) is 17.6 Å². The van der Waals surface area contributed by atoms with Crippen molar-refractivity contribution in [1.82, 2.24) is 10.6 Å². The van der Waals surface area contributed by atoms with Crippen molar-refractivity contribution in [1.29, 1.82) is 5.26 Å². The van der Waals surface area contributed by atoms with Gasteiger partial charge in [-0.15, -0.1) is 0 Å². The lowest BCUT2D eigenvalue weighted by Crippen LogP contribution is -2.42. The van der Waals surface area contributed by atoms with Gasteiger partial charge in [0.25, 0.3) is 5.91 Å². The smallest absolute Gasteiger partial charge is 0.322 e. The summed E-state index contributed by atoms with van der Waals surface area (Å²) in [5, 5.41) is 18.4. The number of amides is 3. The van der Waals surface area contributed by atoms with Crippen molar-refractivity contribution >= 4 is 22.0 Å². The van der Waals surface area contributed by atoms with Crippen LogP contribution in [0.4, 0.5) is 4.79 Å². The van der Waals surface area contributed by atoms with Crippen LogP contribution in [0.15, 0.2) is 53.4 Å². The number of hydrogen-bond donors (Lipinski definition) is 3. The molecule has 0 aromatic heterocycles. The van der Waals surface area contributed by atoms with Crippen LogP contribution in [0.25, 0.3) is 0 Å². The lowest BCUT2D eigenvalue weighted by atomic mass is 10.0. The lowest BCUT2D eigenvalue weighted by Gasteiger charge is -2.16. The fourth-order valence-corrected chi connectivity index (χ4v) is 2.77. The molecule has 0 saturated carbocycles. The zero-order chi connectivity index (χ0) is 21.7. The Morgan fingerprint density at radius 3 is 1.93 bits per heavy atom. The maximum atomic E-state index is 11.1. The third-order valence-corrected chi connectivity index (χ3v) is 5.13. The Bertz CT molecular complexity index is 1040. The van der Waals surface area contributed by atoms with E-state index in [2.05, 4.69) is 10.6 Å². The van der Waals surface area contributed by atoms with Crippen LogP contribution in [0.5, 0.6) is 11.5 Å². The van der Waals surface area contributed by atoms with Crippen LogP contribution < -0.4 is 20.5 Å². The summed E-state index contributed by atoms with van der Waals surface area (Å²) in [7, 11) is -3.69. The highest BCUT2D eigenvalue weighted by Crippen LogP contribution is 2.22. The van der Waals surface area contributed by atoms with E-state index in [9.17, 15) is 18.0 Å². The van der Waals surface area contributed by atoms with E-state index in [-0.39, 0.29) is 10.8 Å². The zero-order valence-electron chi connectivity index (χ0n) is 15.8. The van der Waals surface area contributed by atoms with Crippen LogP contribution in [0.3, 0.4) is 0 Å². The van der Waals surface area contributed by atoms with Crippen LogP contribution >= 0.6 is 0 Å². The Labute approximate surface area is 168 Å². The first kappa shape index (κ1) is 21.9. The molecule has 0 bridgehead atoms. The predicted molar refractivity (Wildman–Crippen MR) is 104 cm³/mol. The first-order chi connectivity index (χ1) is 13.6. The van der Waals surface area contributed by atoms with Gasteiger partial charge in [-0.3, -0.25) is 10.1 Å². The quantitative estimate of drug-likeness (QED) is 0.648. The minimum atomic E-state index is -3.69. The summed E-state index contributed by atoms with van der Waals surface area (Å²) in [6.45, 7) is 3.55. The average molecular weight is 416 g/mol. The number of sulfonamides is 1. The number of primary sulfonamides is 1. The van der Waals surface area contributed by atoms with Gasteiger partial charge in [-0.1, -0.05) is 6.92 Å². The van der Waals surface area contributed by atoms with Crippen LogP contribution in [0, 0.1) is 11.3 Å². The maximum absolute atomic E-state index is 11.1. The number of nitrogens with two attached hydrogens (primary N) is 1. The van der Waals surface area contributed by atoms with Gasteiger partial charge < -0.3 is 10.1 Å². The summed E-state index contributed by atoms with van der Waals surface area (Å²) in [5.74, 6) is 0.805. The Hall–Kier alpha value is -3.42. The number of benzene rings is 2. The number of carbonyl (C=O) groups excluding carboxylic acids is 2. The van der Waals surface area contributed by atoms with Gasteiger partial charge in [0.2, 0.25) is 10.0 Å². The summed E-state index contributed by atoms with van der Waals surface area (Å²) < 4.78 is 27.7. The van der Waals surface area contributed by atoms with E-state index in [1.54, 1.807) is 31.2 Å². The van der Waals surface area contributed by atoms with Gasteiger partial charge >= 0.3 is 6.03 Å². The van der Waals surface area contributed by atoms with Crippen molar-refractivity contribution in [3.05, 3.63) is 54.1 Å². The number of ether oxygens (including phenoxy) is 1. The third kappa shape index (κ3) is 5.78. The van der Waals surface area contributed by atoms with Crippen LogP contribution in [0.1, 0.15) is 25.8 Å². The molecule has 3 rings (SSSR count). The third-order valence-electron chi connectivity index (χ3n) is 4.20. The minimum Gasteiger partial charge on any atom is -0.457 e. The molecule has 1 aliphatic heterocycles. The van der Waals surface area contributed by atoms with E-state index in [0.29, 0.717) is 23.5 Å². The van der Waals surface area contributed by atoms with E-state index in [1.165, 1.54) is 24.3 Å². The first-order valence-corrected chi connectivity index (χ1v) is 10.1. The monoisotopic (exact) mass is 416 g/mol. The molecule has 1 heterocycles. The number of nitrogens with zero attached hydrogens (tertiary/aromatic N) is 1. The Morgan fingerprint density at radius 1 is 1.07 bits per heavy atom. The molecule has 1 atom stereocenters. The van der Waals surface area contributed by atoms with Gasteiger partial charge in [0.1, 0.15) is 17.0 Å². The molecule has 4 N–H and O–H groups in total. The summed E-state index contributed by atoms with van der Waals surface area (Å²) in [6.07, 6.45) is 0.616. The molecule has 1 fully saturated rings. The van der Waals surface area contributed by atoms with Crippen molar-refractivity contribution in [2.24, 2.45) is 5.14 Å². The van der Waals surface area contributed by atoms with Crippen LogP contribution in [-0.4, -0.2) is 25.9 Å².